The molecular weight excluding hydrogens is 414 g/mol. The van der Waals surface area contributed by atoms with Crippen LogP contribution >= 0.6 is 11.3 Å². The maximum atomic E-state index is 13.2. The van der Waals surface area contributed by atoms with Gasteiger partial charge >= 0.3 is 0 Å². The standard InChI is InChI=1S/C23H29N3O4S/c1-16(2)20(24-21(27)19-10-6-15-31-19)23(29)26-12-7-11-25(13-14-26)22(28)17-8-4-5-9-18(17)30-3/h4-6,8-10,15-16,20H,7,11-14H2,1-3H3,(H,24,27). The number of ether oxygens (including phenoxy) is 1. The molecule has 1 unspecified atom stereocenters. The molecule has 1 atom stereocenters. The lowest BCUT2D eigenvalue weighted by atomic mass is 10.0. The van der Waals surface area contributed by atoms with Crippen LogP contribution in [0.4, 0.5) is 0 Å². The van der Waals surface area contributed by atoms with Crippen molar-refractivity contribution < 1.29 is 19.1 Å². The summed E-state index contributed by atoms with van der Waals surface area (Å²) in [5, 5.41) is 4.73. The van der Waals surface area contributed by atoms with E-state index in [1.165, 1.54) is 11.3 Å². The maximum Gasteiger partial charge on any atom is 0.262 e. The Kier molecular flexibility index (Phi) is 7.68. The number of amides is 3. The van der Waals surface area contributed by atoms with Crippen LogP contribution in [0.3, 0.4) is 0 Å². The van der Waals surface area contributed by atoms with Crippen molar-refractivity contribution in [2.24, 2.45) is 5.92 Å². The van der Waals surface area contributed by atoms with E-state index in [9.17, 15) is 14.4 Å². The molecule has 1 N–H and O–H groups in total. The first kappa shape index (κ1) is 22.8. The van der Waals surface area contributed by atoms with Crippen molar-refractivity contribution in [2.45, 2.75) is 26.3 Å². The summed E-state index contributed by atoms with van der Waals surface area (Å²) in [5.41, 5.74) is 0.521. The number of methoxy groups -OCH3 is 1. The fraction of sp³-hybridized carbons (Fsp3) is 0.435. The predicted molar refractivity (Wildman–Crippen MR) is 121 cm³/mol. The molecule has 166 valence electrons. The highest BCUT2D eigenvalue weighted by atomic mass is 32.1. The van der Waals surface area contributed by atoms with E-state index in [-0.39, 0.29) is 23.6 Å². The van der Waals surface area contributed by atoms with Crippen LogP contribution in [0, 0.1) is 5.92 Å². The Bertz CT molecular complexity index is 913. The molecule has 3 rings (SSSR count). The van der Waals surface area contributed by atoms with E-state index in [0.717, 1.165) is 0 Å². The number of rotatable bonds is 6. The highest BCUT2D eigenvalue weighted by molar-refractivity contribution is 7.12. The molecule has 0 bridgehead atoms. The third kappa shape index (κ3) is 5.44. The van der Waals surface area contributed by atoms with Gasteiger partial charge in [0.2, 0.25) is 5.91 Å². The minimum Gasteiger partial charge on any atom is -0.496 e. The molecule has 0 spiro atoms. The Morgan fingerprint density at radius 2 is 1.71 bits per heavy atom. The van der Waals surface area contributed by atoms with Crippen LogP contribution < -0.4 is 10.1 Å². The van der Waals surface area contributed by atoms with Gasteiger partial charge in [0.25, 0.3) is 11.8 Å². The summed E-state index contributed by atoms with van der Waals surface area (Å²) < 4.78 is 5.32. The van der Waals surface area contributed by atoms with Crippen LogP contribution in [0.5, 0.6) is 5.75 Å². The van der Waals surface area contributed by atoms with Gasteiger partial charge in [-0.2, -0.15) is 0 Å². The van der Waals surface area contributed by atoms with Crippen molar-refractivity contribution >= 4 is 29.1 Å². The number of para-hydroxylation sites is 1. The first-order chi connectivity index (χ1) is 14.9. The molecule has 2 aromatic rings. The third-order valence-electron chi connectivity index (χ3n) is 5.40. The van der Waals surface area contributed by atoms with Crippen LogP contribution in [-0.4, -0.2) is 66.9 Å². The average Bonchev–Trinajstić information content (AvgIpc) is 3.21. The molecule has 3 amide bonds. The van der Waals surface area contributed by atoms with Gasteiger partial charge in [-0.1, -0.05) is 32.0 Å². The molecule has 7 nitrogen and oxygen atoms in total. The zero-order valence-electron chi connectivity index (χ0n) is 18.2. The molecule has 31 heavy (non-hydrogen) atoms. The summed E-state index contributed by atoms with van der Waals surface area (Å²) >= 11 is 1.35. The van der Waals surface area contributed by atoms with Crippen molar-refractivity contribution in [3.63, 3.8) is 0 Å². The Hall–Kier alpha value is -2.87. The number of hydrogen-bond acceptors (Lipinski definition) is 5. The Labute approximate surface area is 187 Å². The summed E-state index contributed by atoms with van der Waals surface area (Å²) in [6.07, 6.45) is 0.677. The Balaban J connectivity index is 1.66. The molecule has 8 heteroatoms. The van der Waals surface area contributed by atoms with Crippen molar-refractivity contribution in [1.82, 2.24) is 15.1 Å². The van der Waals surface area contributed by atoms with Crippen LogP contribution in [0.2, 0.25) is 0 Å². The first-order valence-electron chi connectivity index (χ1n) is 10.5. The topological polar surface area (TPSA) is 79.0 Å². The number of benzene rings is 1. The molecule has 1 aromatic heterocycles. The number of hydrogen-bond donors (Lipinski definition) is 1. The first-order valence-corrected chi connectivity index (χ1v) is 11.4. The van der Waals surface area contributed by atoms with Crippen LogP contribution in [-0.2, 0) is 4.79 Å². The SMILES string of the molecule is COc1ccccc1C(=O)N1CCCN(C(=O)C(NC(=O)c2cccs2)C(C)C)CC1. The van der Waals surface area contributed by atoms with Crippen molar-refractivity contribution in [1.29, 1.82) is 0 Å². The molecule has 1 fully saturated rings. The average molecular weight is 444 g/mol. The van der Waals surface area contributed by atoms with Crippen LogP contribution in [0.1, 0.15) is 40.3 Å². The van der Waals surface area contributed by atoms with Crippen molar-refractivity contribution in [2.75, 3.05) is 33.3 Å². The predicted octanol–water partition coefficient (Wildman–Crippen LogP) is 2.89. The normalized spacial score (nSPS) is 15.4. The molecule has 0 saturated carbocycles. The molecule has 1 aliphatic rings. The number of carbonyl (C=O) groups excluding carboxylic acids is 3. The van der Waals surface area contributed by atoms with Gasteiger partial charge in [0.1, 0.15) is 11.8 Å². The Morgan fingerprint density at radius 1 is 1.00 bits per heavy atom. The van der Waals surface area contributed by atoms with Crippen molar-refractivity contribution in [3.05, 3.63) is 52.2 Å². The van der Waals surface area contributed by atoms with Gasteiger partial charge in [0.05, 0.1) is 17.6 Å². The van der Waals surface area contributed by atoms with Gasteiger partial charge < -0.3 is 19.9 Å². The number of thiophene rings is 1. The van der Waals surface area contributed by atoms with Gasteiger partial charge in [-0.15, -0.1) is 11.3 Å². The second kappa shape index (κ2) is 10.4. The molecule has 0 radical (unpaired) electrons. The van der Waals surface area contributed by atoms with E-state index in [0.29, 0.717) is 48.8 Å². The van der Waals surface area contributed by atoms with E-state index in [1.807, 2.05) is 37.4 Å². The monoisotopic (exact) mass is 443 g/mol. The van der Waals surface area contributed by atoms with E-state index >= 15 is 0 Å². The summed E-state index contributed by atoms with van der Waals surface area (Å²) in [4.78, 5) is 42.9. The fourth-order valence-corrected chi connectivity index (χ4v) is 4.29. The largest absolute Gasteiger partial charge is 0.496 e. The molecule has 2 heterocycles. The molecule has 1 saturated heterocycles. The lowest BCUT2D eigenvalue weighted by molar-refractivity contribution is -0.134. The van der Waals surface area contributed by atoms with Crippen LogP contribution in [0.15, 0.2) is 41.8 Å². The minimum atomic E-state index is -0.605. The number of carbonyl (C=O) groups is 3. The third-order valence-corrected chi connectivity index (χ3v) is 6.27. The van der Waals surface area contributed by atoms with Crippen LogP contribution in [0.25, 0.3) is 0 Å². The van der Waals surface area contributed by atoms with E-state index < -0.39 is 6.04 Å². The zero-order chi connectivity index (χ0) is 22.4. The lowest BCUT2D eigenvalue weighted by Crippen LogP contribution is -2.52. The molecule has 1 aliphatic heterocycles. The highest BCUT2D eigenvalue weighted by Crippen LogP contribution is 2.20. The smallest absolute Gasteiger partial charge is 0.262 e. The Morgan fingerprint density at radius 3 is 2.39 bits per heavy atom. The van der Waals surface area contributed by atoms with E-state index in [2.05, 4.69) is 5.32 Å². The molecular formula is C23H29N3O4S. The summed E-state index contributed by atoms with van der Waals surface area (Å²) in [6, 6.07) is 10.1. The minimum absolute atomic E-state index is 0.0500. The molecule has 0 aliphatic carbocycles. The maximum absolute atomic E-state index is 13.2. The number of nitrogens with one attached hydrogen (secondary N) is 1. The lowest BCUT2D eigenvalue weighted by Gasteiger charge is -2.29. The highest BCUT2D eigenvalue weighted by Gasteiger charge is 2.31. The van der Waals surface area contributed by atoms with Gasteiger partial charge in [0, 0.05) is 26.2 Å². The molecule has 1 aromatic carbocycles. The van der Waals surface area contributed by atoms with Crippen molar-refractivity contribution in [3.8, 4) is 5.75 Å². The summed E-state index contributed by atoms with van der Waals surface area (Å²) in [5.74, 6) is 0.0568. The number of nitrogens with zero attached hydrogens (tertiary/aromatic N) is 2. The summed E-state index contributed by atoms with van der Waals surface area (Å²) in [7, 11) is 1.55. The van der Waals surface area contributed by atoms with E-state index in [1.54, 1.807) is 35.1 Å². The second-order valence-electron chi connectivity index (χ2n) is 7.84. The van der Waals surface area contributed by atoms with E-state index in [4.69, 9.17) is 4.74 Å². The zero-order valence-corrected chi connectivity index (χ0v) is 19.0. The summed E-state index contributed by atoms with van der Waals surface area (Å²) in [6.45, 7) is 5.82. The fourth-order valence-electron chi connectivity index (χ4n) is 3.66. The second-order valence-corrected chi connectivity index (χ2v) is 8.79. The quantitative estimate of drug-likeness (QED) is 0.745. The van der Waals surface area contributed by atoms with Gasteiger partial charge in [-0.3, -0.25) is 14.4 Å². The van der Waals surface area contributed by atoms with Gasteiger partial charge in [0.15, 0.2) is 0 Å². The van der Waals surface area contributed by atoms with Gasteiger partial charge in [-0.05, 0) is 35.9 Å². The van der Waals surface area contributed by atoms with Gasteiger partial charge in [-0.25, -0.2) is 0 Å².